The maximum Gasteiger partial charge on any atom is 0.272 e. The van der Waals surface area contributed by atoms with Crippen LogP contribution < -0.4 is 10.1 Å². The maximum atomic E-state index is 12.3. The number of thiazole rings is 1. The number of nitro benzene ring substituents is 1. The molecule has 0 bridgehead atoms. The van der Waals surface area contributed by atoms with Crippen LogP contribution >= 0.6 is 34.9 Å². The number of anilines is 1. The topological polar surface area (TPSA) is 94.4 Å². The highest BCUT2D eigenvalue weighted by atomic mass is 32.2. The second-order valence-electron chi connectivity index (χ2n) is 7.13. The molecule has 0 spiro atoms. The summed E-state index contributed by atoms with van der Waals surface area (Å²) in [5, 5.41) is 16.0. The summed E-state index contributed by atoms with van der Waals surface area (Å²) in [5.74, 6) is 2.70. The van der Waals surface area contributed by atoms with E-state index in [0.717, 1.165) is 0 Å². The summed E-state index contributed by atoms with van der Waals surface area (Å²) in [6.45, 7) is 1.56. The van der Waals surface area contributed by atoms with Gasteiger partial charge < -0.3 is 4.74 Å². The molecule has 1 fully saturated rings. The molecular formula is C22H21N3O4S3. The summed E-state index contributed by atoms with van der Waals surface area (Å²) in [5.41, 5.74) is 3.10. The van der Waals surface area contributed by atoms with Crippen LogP contribution in [0.4, 0.5) is 10.8 Å². The van der Waals surface area contributed by atoms with Crippen LogP contribution in [0.5, 0.6) is 5.75 Å². The van der Waals surface area contributed by atoms with Gasteiger partial charge in [-0.25, -0.2) is 4.98 Å². The van der Waals surface area contributed by atoms with Crippen molar-refractivity contribution in [3.8, 4) is 17.0 Å². The van der Waals surface area contributed by atoms with Gasteiger partial charge in [-0.1, -0.05) is 24.3 Å². The number of nitrogens with zero attached hydrogens (tertiary/aromatic N) is 2. The zero-order valence-electron chi connectivity index (χ0n) is 17.3. The van der Waals surface area contributed by atoms with Crippen molar-refractivity contribution in [3.63, 3.8) is 0 Å². The lowest BCUT2D eigenvalue weighted by atomic mass is 10.1. The van der Waals surface area contributed by atoms with E-state index >= 15 is 0 Å². The standard InChI is InChI=1S/C22H21N3O4S3/c1-14-3-4-16(11-19(14)25(27)28)18-13-32-22(23-18)24-20(26)12-29-17-7-5-15(6-8-17)21-30-9-2-10-31-21/h3-8,11,13,21H,2,9-10,12H2,1H3,(H,23,24,26). The van der Waals surface area contributed by atoms with Crippen LogP contribution in [0.3, 0.4) is 0 Å². The average molecular weight is 488 g/mol. The zero-order valence-corrected chi connectivity index (χ0v) is 19.7. The second kappa shape index (κ2) is 10.4. The lowest BCUT2D eigenvalue weighted by molar-refractivity contribution is -0.385. The van der Waals surface area contributed by atoms with Crippen molar-refractivity contribution < 1.29 is 14.5 Å². The van der Waals surface area contributed by atoms with E-state index in [1.165, 1.54) is 40.9 Å². The number of amides is 1. The van der Waals surface area contributed by atoms with E-state index in [9.17, 15) is 14.9 Å². The normalized spacial score (nSPS) is 14.2. The van der Waals surface area contributed by atoms with E-state index in [0.29, 0.717) is 32.3 Å². The highest BCUT2D eigenvalue weighted by Gasteiger charge is 2.17. The first-order valence-electron chi connectivity index (χ1n) is 9.96. The summed E-state index contributed by atoms with van der Waals surface area (Å²) in [6, 6.07) is 12.9. The molecule has 1 aliphatic rings. The number of thioether (sulfide) groups is 2. The molecule has 1 aliphatic heterocycles. The monoisotopic (exact) mass is 487 g/mol. The van der Waals surface area contributed by atoms with Gasteiger partial charge in [-0.3, -0.25) is 20.2 Å². The number of carbonyl (C=O) groups is 1. The highest BCUT2D eigenvalue weighted by Crippen LogP contribution is 2.43. The van der Waals surface area contributed by atoms with Crippen LogP contribution in [0.1, 0.15) is 22.1 Å². The first-order chi connectivity index (χ1) is 15.5. The van der Waals surface area contributed by atoms with Gasteiger partial charge in [0, 0.05) is 22.6 Å². The van der Waals surface area contributed by atoms with E-state index in [1.807, 2.05) is 35.7 Å². The fourth-order valence-electron chi connectivity index (χ4n) is 3.13. The molecule has 2 aromatic carbocycles. The first kappa shape index (κ1) is 22.6. The van der Waals surface area contributed by atoms with Crippen LogP contribution in [0.2, 0.25) is 0 Å². The number of nitrogens with one attached hydrogen (secondary N) is 1. The van der Waals surface area contributed by atoms with Crippen molar-refractivity contribution in [2.24, 2.45) is 0 Å². The number of aryl methyl sites for hydroxylation is 1. The smallest absolute Gasteiger partial charge is 0.272 e. The number of benzene rings is 2. The van der Waals surface area contributed by atoms with E-state index in [-0.39, 0.29) is 18.2 Å². The van der Waals surface area contributed by atoms with Crippen LogP contribution in [0.15, 0.2) is 47.8 Å². The Balaban J connectivity index is 1.32. The second-order valence-corrected chi connectivity index (χ2v) is 10.7. The number of ether oxygens (including phenoxy) is 1. The number of nitro groups is 1. The van der Waals surface area contributed by atoms with Gasteiger partial charge in [0.15, 0.2) is 11.7 Å². The minimum absolute atomic E-state index is 0.0428. The Morgan fingerprint density at radius 2 is 1.97 bits per heavy atom. The van der Waals surface area contributed by atoms with Gasteiger partial charge in [-0.15, -0.1) is 34.9 Å². The predicted octanol–water partition coefficient (Wildman–Crippen LogP) is 5.91. The Kier molecular flexibility index (Phi) is 7.33. The molecule has 32 heavy (non-hydrogen) atoms. The van der Waals surface area contributed by atoms with E-state index in [2.05, 4.69) is 22.4 Å². The molecule has 0 radical (unpaired) electrons. The Hall–Kier alpha value is -2.56. The number of carbonyl (C=O) groups excluding carboxylic acids is 1. The van der Waals surface area contributed by atoms with Gasteiger partial charge in [-0.2, -0.15) is 0 Å². The molecule has 4 rings (SSSR count). The van der Waals surface area contributed by atoms with Gasteiger partial charge in [0.05, 0.1) is 15.2 Å². The summed E-state index contributed by atoms with van der Waals surface area (Å²) in [7, 11) is 0. The van der Waals surface area contributed by atoms with Crippen LogP contribution in [-0.4, -0.2) is 33.9 Å². The Morgan fingerprint density at radius 3 is 2.69 bits per heavy atom. The fraction of sp³-hybridized carbons (Fsp3) is 0.273. The predicted molar refractivity (Wildman–Crippen MR) is 132 cm³/mol. The quantitative estimate of drug-likeness (QED) is 0.327. The van der Waals surface area contributed by atoms with E-state index in [4.69, 9.17) is 4.74 Å². The molecule has 0 unspecified atom stereocenters. The average Bonchev–Trinajstić information content (AvgIpc) is 3.27. The van der Waals surface area contributed by atoms with Crippen molar-refractivity contribution in [2.75, 3.05) is 23.4 Å². The fourth-order valence-corrected chi connectivity index (χ4v) is 6.76. The molecule has 0 saturated carbocycles. The van der Waals surface area contributed by atoms with Gasteiger partial charge in [0.1, 0.15) is 5.75 Å². The van der Waals surface area contributed by atoms with Crippen molar-refractivity contribution >= 4 is 51.6 Å². The van der Waals surface area contributed by atoms with Crippen molar-refractivity contribution in [1.29, 1.82) is 0 Å². The van der Waals surface area contributed by atoms with Crippen molar-refractivity contribution in [2.45, 2.75) is 17.9 Å². The third-order valence-corrected chi connectivity index (χ3v) is 8.57. The number of rotatable bonds is 7. The van der Waals surface area contributed by atoms with Crippen molar-refractivity contribution in [3.05, 3.63) is 69.1 Å². The van der Waals surface area contributed by atoms with Gasteiger partial charge >= 0.3 is 0 Å². The summed E-state index contributed by atoms with van der Waals surface area (Å²) in [4.78, 5) is 27.4. The van der Waals surface area contributed by atoms with Crippen LogP contribution in [-0.2, 0) is 4.79 Å². The third kappa shape index (κ3) is 5.62. The molecule has 7 nitrogen and oxygen atoms in total. The maximum absolute atomic E-state index is 12.3. The molecule has 1 amide bonds. The summed E-state index contributed by atoms with van der Waals surface area (Å²) >= 11 is 5.18. The van der Waals surface area contributed by atoms with Crippen LogP contribution in [0.25, 0.3) is 11.3 Å². The number of hydrogen-bond acceptors (Lipinski definition) is 8. The Bertz CT molecular complexity index is 1110. The molecule has 0 aliphatic carbocycles. The van der Waals surface area contributed by atoms with Gasteiger partial charge in [-0.05, 0) is 42.5 Å². The summed E-state index contributed by atoms with van der Waals surface area (Å²) < 4.78 is 6.07. The Labute approximate surface area is 198 Å². The zero-order chi connectivity index (χ0) is 22.5. The molecule has 0 atom stereocenters. The lowest BCUT2D eigenvalue weighted by Crippen LogP contribution is -2.20. The molecule has 166 valence electrons. The molecule has 3 aromatic rings. The number of hydrogen-bond donors (Lipinski definition) is 1. The summed E-state index contributed by atoms with van der Waals surface area (Å²) in [6.07, 6.45) is 1.26. The molecular weight excluding hydrogens is 466 g/mol. The number of aromatic nitrogens is 1. The minimum Gasteiger partial charge on any atom is -0.484 e. The van der Waals surface area contributed by atoms with E-state index in [1.54, 1.807) is 24.4 Å². The third-order valence-electron chi connectivity index (χ3n) is 4.80. The van der Waals surface area contributed by atoms with Gasteiger partial charge in [0.2, 0.25) is 0 Å². The molecule has 1 aromatic heterocycles. The first-order valence-corrected chi connectivity index (χ1v) is 12.9. The minimum atomic E-state index is -0.412. The van der Waals surface area contributed by atoms with Crippen molar-refractivity contribution in [1.82, 2.24) is 4.98 Å². The molecule has 2 heterocycles. The Morgan fingerprint density at radius 1 is 1.22 bits per heavy atom. The van der Waals surface area contributed by atoms with Gasteiger partial charge in [0.25, 0.3) is 11.6 Å². The van der Waals surface area contributed by atoms with E-state index < -0.39 is 4.92 Å². The highest BCUT2D eigenvalue weighted by molar-refractivity contribution is 8.16. The molecule has 10 heteroatoms. The lowest BCUT2D eigenvalue weighted by Gasteiger charge is -2.21. The SMILES string of the molecule is Cc1ccc(-c2csc(NC(=O)COc3ccc(C4SCCCS4)cc3)n2)cc1[N+](=O)[O-]. The molecule has 1 saturated heterocycles. The largest absolute Gasteiger partial charge is 0.484 e. The van der Waals surface area contributed by atoms with Crippen LogP contribution in [0, 0.1) is 17.0 Å². The molecule has 1 N–H and O–H groups in total.